The second-order valence-corrected chi connectivity index (χ2v) is 14.5. The lowest BCUT2D eigenvalue weighted by Gasteiger charge is -2.13. The minimum atomic E-state index is 1.16. The van der Waals surface area contributed by atoms with Crippen molar-refractivity contribution < 1.29 is 0 Å². The van der Waals surface area contributed by atoms with Crippen LogP contribution in [0.25, 0.3) is 93.4 Å². The van der Waals surface area contributed by atoms with Crippen molar-refractivity contribution in [3.05, 3.63) is 174 Å². The maximum Gasteiger partial charge on any atom is 0.0619 e. The molecule has 3 heteroatoms. The predicted molar refractivity (Wildman–Crippen MR) is 221 cm³/mol. The molecule has 10 aromatic rings. The Bertz CT molecular complexity index is 2970. The van der Waals surface area contributed by atoms with Crippen molar-refractivity contribution in [2.75, 3.05) is 0 Å². The van der Waals surface area contributed by atoms with E-state index in [1.165, 1.54) is 92.1 Å². The SMILES string of the molecule is C/C=C\c1c(C)sc2c(-c3cccc4c5ccccc5n(-c5ccc(-c6ccc7c(c6)c6ccccc6n7-c6ccccc6)cc5)c34)cccc12. The van der Waals surface area contributed by atoms with Crippen molar-refractivity contribution in [1.82, 2.24) is 9.13 Å². The highest BCUT2D eigenvalue weighted by atomic mass is 32.1. The Kier molecular flexibility index (Phi) is 6.83. The van der Waals surface area contributed by atoms with Gasteiger partial charge in [-0.3, -0.25) is 0 Å². The van der Waals surface area contributed by atoms with E-state index in [9.17, 15) is 0 Å². The van der Waals surface area contributed by atoms with Crippen LogP contribution < -0.4 is 0 Å². The van der Waals surface area contributed by atoms with Crippen molar-refractivity contribution in [1.29, 1.82) is 0 Å². The second kappa shape index (κ2) is 11.7. The predicted octanol–water partition coefficient (Wildman–Crippen LogP) is 13.8. The fraction of sp³-hybridized carbons (Fsp3) is 0.0417. The molecular weight excluding hydrogens is 637 g/mol. The molecule has 0 fully saturated rings. The molecule has 242 valence electrons. The van der Waals surface area contributed by atoms with Crippen LogP contribution in [0.15, 0.2) is 164 Å². The Labute approximate surface area is 300 Å². The van der Waals surface area contributed by atoms with Gasteiger partial charge in [-0.1, -0.05) is 121 Å². The minimum absolute atomic E-state index is 1.16. The van der Waals surface area contributed by atoms with Gasteiger partial charge in [0.2, 0.25) is 0 Å². The molecule has 0 unspecified atom stereocenters. The molecule has 0 amide bonds. The zero-order valence-corrected chi connectivity index (χ0v) is 29.3. The van der Waals surface area contributed by atoms with Gasteiger partial charge in [0.15, 0.2) is 0 Å². The Morgan fingerprint density at radius 2 is 1.06 bits per heavy atom. The summed E-state index contributed by atoms with van der Waals surface area (Å²) in [5, 5.41) is 6.38. The van der Waals surface area contributed by atoms with Crippen LogP contribution in [0.5, 0.6) is 0 Å². The van der Waals surface area contributed by atoms with E-state index in [1.807, 2.05) is 11.3 Å². The summed E-state index contributed by atoms with van der Waals surface area (Å²) in [5.74, 6) is 0. The quantitative estimate of drug-likeness (QED) is 0.172. The zero-order chi connectivity index (χ0) is 34.1. The normalized spacial score (nSPS) is 12.0. The maximum atomic E-state index is 2.46. The van der Waals surface area contributed by atoms with E-state index < -0.39 is 0 Å². The maximum absolute atomic E-state index is 2.46. The van der Waals surface area contributed by atoms with Crippen molar-refractivity contribution in [3.8, 4) is 33.6 Å². The van der Waals surface area contributed by atoms with Crippen LogP contribution >= 0.6 is 11.3 Å². The number of para-hydroxylation sites is 4. The summed E-state index contributed by atoms with van der Waals surface area (Å²) in [6.07, 6.45) is 4.39. The first-order chi connectivity index (χ1) is 25.2. The van der Waals surface area contributed by atoms with Gasteiger partial charge in [0.25, 0.3) is 0 Å². The molecule has 0 bridgehead atoms. The van der Waals surface area contributed by atoms with Crippen molar-refractivity contribution >= 4 is 71.1 Å². The van der Waals surface area contributed by atoms with Crippen LogP contribution in [-0.2, 0) is 0 Å². The highest BCUT2D eigenvalue weighted by Gasteiger charge is 2.19. The monoisotopic (exact) mass is 670 g/mol. The summed E-state index contributed by atoms with van der Waals surface area (Å²) in [5.41, 5.74) is 13.5. The molecule has 0 aliphatic rings. The number of rotatable bonds is 5. The van der Waals surface area contributed by atoms with Crippen molar-refractivity contribution in [3.63, 3.8) is 0 Å². The first-order valence-corrected chi connectivity index (χ1v) is 18.4. The molecule has 0 radical (unpaired) electrons. The molecular formula is C48H34N2S. The summed E-state index contributed by atoms with van der Waals surface area (Å²) in [4.78, 5) is 1.35. The molecule has 0 spiro atoms. The third-order valence-electron chi connectivity index (χ3n) is 10.4. The second-order valence-electron chi connectivity index (χ2n) is 13.3. The Hall–Kier alpha value is -6.16. The van der Waals surface area contributed by atoms with E-state index in [0.29, 0.717) is 0 Å². The number of hydrogen-bond acceptors (Lipinski definition) is 1. The third-order valence-corrected chi connectivity index (χ3v) is 11.6. The molecule has 0 aliphatic heterocycles. The number of allylic oxidation sites excluding steroid dienone is 1. The van der Waals surface area contributed by atoms with E-state index in [2.05, 4.69) is 193 Å². The van der Waals surface area contributed by atoms with Crippen LogP contribution in [0.1, 0.15) is 17.4 Å². The van der Waals surface area contributed by atoms with Crippen LogP contribution in [0.2, 0.25) is 0 Å². The Balaban J connectivity index is 1.14. The van der Waals surface area contributed by atoms with Crippen LogP contribution in [-0.4, -0.2) is 9.13 Å². The Morgan fingerprint density at radius 3 is 1.82 bits per heavy atom. The van der Waals surface area contributed by atoms with Gasteiger partial charge < -0.3 is 9.13 Å². The van der Waals surface area contributed by atoms with Gasteiger partial charge in [-0.15, -0.1) is 11.3 Å². The number of hydrogen-bond donors (Lipinski definition) is 0. The number of benzene rings is 7. The number of nitrogens with zero attached hydrogens (tertiary/aromatic N) is 2. The van der Waals surface area contributed by atoms with Crippen LogP contribution in [0.4, 0.5) is 0 Å². The Morgan fingerprint density at radius 1 is 0.471 bits per heavy atom. The molecule has 0 saturated carbocycles. The molecule has 7 aromatic carbocycles. The van der Waals surface area contributed by atoms with E-state index in [-0.39, 0.29) is 0 Å². The number of aromatic nitrogens is 2. The zero-order valence-electron chi connectivity index (χ0n) is 28.5. The molecule has 51 heavy (non-hydrogen) atoms. The van der Waals surface area contributed by atoms with Gasteiger partial charge in [0.1, 0.15) is 0 Å². The average Bonchev–Trinajstić information content (AvgIpc) is 3.82. The van der Waals surface area contributed by atoms with E-state index in [4.69, 9.17) is 0 Å². The summed E-state index contributed by atoms with van der Waals surface area (Å²) in [6, 6.07) is 57.8. The van der Waals surface area contributed by atoms with Gasteiger partial charge in [0, 0.05) is 59.0 Å². The molecule has 10 rings (SSSR count). The lowest BCUT2D eigenvalue weighted by molar-refractivity contribution is 1.18. The summed E-state index contributed by atoms with van der Waals surface area (Å²) < 4.78 is 6.18. The first kappa shape index (κ1) is 29.7. The van der Waals surface area contributed by atoms with Crippen molar-refractivity contribution in [2.45, 2.75) is 13.8 Å². The molecule has 2 nitrogen and oxygen atoms in total. The third kappa shape index (κ3) is 4.55. The standard InChI is InChI=1S/C48H34N2S/c1-3-13-36-31(2)51-48-41(36)20-12-21-42(48)40-19-11-18-39-37-16-7-10-23-45(37)50(47(39)40)35-27-24-32(25-28-35)33-26-29-46-43(30-33)38-17-8-9-22-44(38)49(46)34-14-5-4-6-15-34/h3-30H,1-2H3/b13-3-. The topological polar surface area (TPSA) is 9.86 Å². The van der Waals surface area contributed by atoms with Gasteiger partial charge in [-0.2, -0.15) is 0 Å². The minimum Gasteiger partial charge on any atom is -0.309 e. The molecule has 3 heterocycles. The van der Waals surface area contributed by atoms with Crippen LogP contribution in [0, 0.1) is 6.92 Å². The fourth-order valence-corrected chi connectivity index (χ4v) is 9.33. The fourth-order valence-electron chi connectivity index (χ4n) is 8.16. The largest absolute Gasteiger partial charge is 0.309 e. The average molecular weight is 671 g/mol. The molecule has 0 aliphatic carbocycles. The molecule has 0 atom stereocenters. The summed E-state index contributed by atoms with van der Waals surface area (Å²) in [7, 11) is 0. The van der Waals surface area contributed by atoms with Gasteiger partial charge in [0.05, 0.1) is 22.1 Å². The summed E-state index contributed by atoms with van der Waals surface area (Å²) >= 11 is 1.90. The van der Waals surface area contributed by atoms with Gasteiger partial charge >= 0.3 is 0 Å². The van der Waals surface area contributed by atoms with E-state index in [1.54, 1.807) is 0 Å². The number of fused-ring (bicyclic) bond motifs is 7. The van der Waals surface area contributed by atoms with Crippen molar-refractivity contribution in [2.24, 2.45) is 0 Å². The lowest BCUT2D eigenvalue weighted by Crippen LogP contribution is -1.96. The molecule has 0 saturated heterocycles. The number of aryl methyl sites for hydroxylation is 1. The molecule has 3 aromatic heterocycles. The van der Waals surface area contributed by atoms with Crippen LogP contribution in [0.3, 0.4) is 0 Å². The smallest absolute Gasteiger partial charge is 0.0619 e. The number of thiophene rings is 1. The lowest BCUT2D eigenvalue weighted by atomic mass is 9.99. The van der Waals surface area contributed by atoms with Gasteiger partial charge in [-0.05, 0) is 79.1 Å². The van der Waals surface area contributed by atoms with E-state index in [0.717, 1.165) is 5.69 Å². The highest BCUT2D eigenvalue weighted by Crippen LogP contribution is 2.44. The molecule has 0 N–H and O–H groups in total. The summed E-state index contributed by atoms with van der Waals surface area (Å²) in [6.45, 7) is 4.34. The first-order valence-electron chi connectivity index (χ1n) is 17.6. The highest BCUT2D eigenvalue weighted by molar-refractivity contribution is 7.20. The van der Waals surface area contributed by atoms with E-state index >= 15 is 0 Å². The van der Waals surface area contributed by atoms with Gasteiger partial charge in [-0.25, -0.2) is 0 Å².